The number of benzene rings is 2. The predicted octanol–water partition coefficient (Wildman–Crippen LogP) is 5.15. The molecule has 0 aromatic heterocycles. The van der Waals surface area contributed by atoms with Gasteiger partial charge in [-0.15, -0.1) is 0 Å². The van der Waals surface area contributed by atoms with E-state index in [0.717, 1.165) is 41.6 Å². The molecule has 0 unspecified atom stereocenters. The fraction of sp³-hybridized carbons (Fsp3) is 0.333. The molecule has 2 rings (SSSR count). The van der Waals surface area contributed by atoms with Crippen molar-refractivity contribution in [3.8, 4) is 11.1 Å². The summed E-state index contributed by atoms with van der Waals surface area (Å²) in [7, 11) is 1.75. The fourth-order valence-electron chi connectivity index (χ4n) is 2.94. The molecule has 0 spiro atoms. The smallest absolute Gasteiger partial charge is 0.371 e. The second-order valence-corrected chi connectivity index (χ2v) is 6.92. The van der Waals surface area contributed by atoms with Gasteiger partial charge >= 0.3 is 12.0 Å². The summed E-state index contributed by atoms with van der Waals surface area (Å²) in [4.78, 5) is 25.2. The zero-order chi connectivity index (χ0) is 21.9. The van der Waals surface area contributed by atoms with Gasteiger partial charge in [-0.3, -0.25) is 4.90 Å². The van der Waals surface area contributed by atoms with Gasteiger partial charge in [0.25, 0.3) is 0 Å². The van der Waals surface area contributed by atoms with Gasteiger partial charge in [-0.05, 0) is 48.2 Å². The van der Waals surface area contributed by atoms with Crippen LogP contribution in [-0.4, -0.2) is 37.3 Å². The Morgan fingerprint density at radius 2 is 1.80 bits per heavy atom. The lowest BCUT2D eigenvalue weighted by Gasteiger charge is -2.19. The van der Waals surface area contributed by atoms with Gasteiger partial charge < -0.3 is 15.2 Å². The number of nitrogens with one attached hydrogen (secondary N) is 1. The standard InChI is InChI=1S/C24H30N2O4/c1-4-6-7-15-25-24(29)26(3)21-10-8-9-20(17-21)19-13-11-18(12-14-19)16-22(23(27)28)30-5-2/h8-14,16-17H,4-7,15H2,1-3H3,(H,25,29)(H,27,28)/b22-16+. The number of nitrogens with zero attached hydrogens (tertiary/aromatic N) is 1. The molecule has 2 aromatic rings. The first-order valence-corrected chi connectivity index (χ1v) is 10.3. The molecule has 30 heavy (non-hydrogen) atoms. The molecule has 0 fully saturated rings. The van der Waals surface area contributed by atoms with Crippen molar-refractivity contribution < 1.29 is 19.4 Å². The molecular weight excluding hydrogens is 380 g/mol. The van der Waals surface area contributed by atoms with Crippen LogP contribution >= 0.6 is 0 Å². The molecule has 0 atom stereocenters. The monoisotopic (exact) mass is 410 g/mol. The second kappa shape index (κ2) is 11.7. The van der Waals surface area contributed by atoms with E-state index in [-0.39, 0.29) is 11.8 Å². The van der Waals surface area contributed by atoms with Gasteiger partial charge in [0.15, 0.2) is 0 Å². The topological polar surface area (TPSA) is 78.9 Å². The van der Waals surface area contributed by atoms with E-state index in [0.29, 0.717) is 13.2 Å². The highest BCUT2D eigenvalue weighted by Gasteiger charge is 2.11. The van der Waals surface area contributed by atoms with Crippen LogP contribution in [0.1, 0.15) is 38.7 Å². The number of anilines is 1. The first-order chi connectivity index (χ1) is 14.5. The Bertz CT molecular complexity index is 875. The number of hydrogen-bond acceptors (Lipinski definition) is 3. The maximum absolute atomic E-state index is 12.4. The van der Waals surface area contributed by atoms with E-state index in [1.54, 1.807) is 18.9 Å². The minimum atomic E-state index is -1.09. The van der Waals surface area contributed by atoms with Crippen molar-refractivity contribution in [2.45, 2.75) is 33.1 Å². The second-order valence-electron chi connectivity index (χ2n) is 6.92. The van der Waals surface area contributed by atoms with E-state index in [1.165, 1.54) is 6.08 Å². The van der Waals surface area contributed by atoms with Crippen LogP contribution in [0.4, 0.5) is 10.5 Å². The van der Waals surface area contributed by atoms with Crippen LogP contribution in [0.2, 0.25) is 0 Å². The van der Waals surface area contributed by atoms with Crippen LogP contribution in [0.3, 0.4) is 0 Å². The molecule has 0 radical (unpaired) electrons. The Kier molecular flexibility index (Phi) is 8.94. The first-order valence-electron chi connectivity index (χ1n) is 10.3. The number of hydrogen-bond donors (Lipinski definition) is 2. The number of ether oxygens (including phenoxy) is 1. The Morgan fingerprint density at radius 3 is 2.43 bits per heavy atom. The Labute approximate surface area is 178 Å². The lowest BCUT2D eigenvalue weighted by Crippen LogP contribution is -2.37. The number of urea groups is 1. The number of carbonyl (C=O) groups excluding carboxylic acids is 1. The lowest BCUT2D eigenvalue weighted by atomic mass is 10.0. The lowest BCUT2D eigenvalue weighted by molar-refractivity contribution is -0.136. The van der Waals surface area contributed by atoms with Crippen LogP contribution in [0.25, 0.3) is 17.2 Å². The predicted molar refractivity (Wildman–Crippen MR) is 120 cm³/mol. The van der Waals surface area contributed by atoms with Crippen LogP contribution in [0, 0.1) is 0 Å². The molecule has 0 heterocycles. The summed E-state index contributed by atoms with van der Waals surface area (Å²) >= 11 is 0. The summed E-state index contributed by atoms with van der Waals surface area (Å²) in [6.07, 6.45) is 4.70. The fourth-order valence-corrected chi connectivity index (χ4v) is 2.94. The van der Waals surface area contributed by atoms with E-state index >= 15 is 0 Å². The van der Waals surface area contributed by atoms with Crippen molar-refractivity contribution in [3.05, 3.63) is 59.9 Å². The van der Waals surface area contributed by atoms with Crippen molar-refractivity contribution >= 4 is 23.8 Å². The summed E-state index contributed by atoms with van der Waals surface area (Å²) in [5, 5.41) is 12.1. The Morgan fingerprint density at radius 1 is 1.07 bits per heavy atom. The summed E-state index contributed by atoms with van der Waals surface area (Å²) < 4.78 is 5.15. The molecule has 0 saturated carbocycles. The van der Waals surface area contributed by atoms with Crippen molar-refractivity contribution in [1.82, 2.24) is 5.32 Å². The van der Waals surface area contributed by atoms with Crippen molar-refractivity contribution in [3.63, 3.8) is 0 Å². The summed E-state index contributed by atoms with van der Waals surface area (Å²) in [5.41, 5.74) is 3.48. The molecule has 2 N–H and O–H groups in total. The zero-order valence-electron chi connectivity index (χ0n) is 17.9. The molecule has 6 heteroatoms. The largest absolute Gasteiger partial charge is 0.487 e. The van der Waals surface area contributed by atoms with Gasteiger partial charge in [-0.1, -0.05) is 56.2 Å². The van der Waals surface area contributed by atoms with Gasteiger partial charge in [0.2, 0.25) is 5.76 Å². The molecule has 6 nitrogen and oxygen atoms in total. The van der Waals surface area contributed by atoms with Gasteiger partial charge in [0.05, 0.1) is 6.61 Å². The van der Waals surface area contributed by atoms with E-state index in [4.69, 9.17) is 4.74 Å². The van der Waals surface area contributed by atoms with E-state index in [9.17, 15) is 14.7 Å². The van der Waals surface area contributed by atoms with Crippen molar-refractivity contribution in [2.24, 2.45) is 0 Å². The average molecular weight is 411 g/mol. The van der Waals surface area contributed by atoms with Crippen molar-refractivity contribution in [2.75, 3.05) is 25.1 Å². The van der Waals surface area contributed by atoms with Crippen LogP contribution in [-0.2, 0) is 9.53 Å². The number of rotatable bonds is 10. The maximum Gasteiger partial charge on any atom is 0.371 e. The molecule has 0 aliphatic rings. The summed E-state index contributed by atoms with van der Waals surface area (Å²) in [5.74, 6) is -1.18. The quantitative estimate of drug-likeness (QED) is 0.322. The first kappa shape index (κ1) is 23.0. The maximum atomic E-state index is 12.4. The third-order valence-electron chi connectivity index (χ3n) is 4.65. The van der Waals surface area contributed by atoms with Crippen LogP contribution in [0.5, 0.6) is 0 Å². The SMILES string of the molecule is CCCCCNC(=O)N(C)c1cccc(-c2ccc(/C=C(/OCC)C(=O)O)cc2)c1. The number of unbranched alkanes of at least 4 members (excludes halogenated alkanes) is 2. The molecule has 0 aliphatic heterocycles. The van der Waals surface area contributed by atoms with E-state index < -0.39 is 5.97 Å². The third kappa shape index (κ3) is 6.65. The zero-order valence-corrected chi connectivity index (χ0v) is 17.9. The molecule has 2 aromatic carbocycles. The number of amides is 2. The van der Waals surface area contributed by atoms with Crippen LogP contribution in [0.15, 0.2) is 54.3 Å². The summed E-state index contributed by atoms with van der Waals surface area (Å²) in [6.45, 7) is 4.84. The minimum Gasteiger partial charge on any atom is -0.487 e. The van der Waals surface area contributed by atoms with E-state index in [2.05, 4.69) is 12.2 Å². The number of aliphatic carboxylic acids is 1. The normalized spacial score (nSPS) is 11.1. The molecule has 2 amide bonds. The molecular formula is C24H30N2O4. The number of carbonyl (C=O) groups is 2. The van der Waals surface area contributed by atoms with E-state index in [1.807, 2.05) is 48.5 Å². The third-order valence-corrected chi connectivity index (χ3v) is 4.65. The highest BCUT2D eigenvalue weighted by Crippen LogP contribution is 2.25. The number of carboxylic acids is 1. The molecule has 0 saturated heterocycles. The van der Waals surface area contributed by atoms with Crippen molar-refractivity contribution in [1.29, 1.82) is 0 Å². The average Bonchev–Trinajstić information content (AvgIpc) is 2.76. The highest BCUT2D eigenvalue weighted by atomic mass is 16.5. The van der Waals surface area contributed by atoms with Gasteiger partial charge in [-0.25, -0.2) is 9.59 Å². The minimum absolute atomic E-state index is 0.0844. The van der Waals surface area contributed by atoms with Crippen LogP contribution < -0.4 is 10.2 Å². The Balaban J connectivity index is 2.12. The number of carboxylic acid groups (broad SMARTS) is 1. The highest BCUT2D eigenvalue weighted by molar-refractivity contribution is 5.92. The molecule has 0 aliphatic carbocycles. The summed E-state index contributed by atoms with van der Waals surface area (Å²) in [6, 6.07) is 15.1. The van der Waals surface area contributed by atoms with Gasteiger partial charge in [0.1, 0.15) is 0 Å². The van der Waals surface area contributed by atoms with Gasteiger partial charge in [-0.2, -0.15) is 0 Å². The molecule has 0 bridgehead atoms. The Hall–Kier alpha value is -3.28. The molecule has 160 valence electrons. The van der Waals surface area contributed by atoms with Gasteiger partial charge in [0, 0.05) is 19.3 Å².